The highest BCUT2D eigenvalue weighted by Gasteiger charge is 2.53. The largest absolute Gasteiger partial charge is 0.282 e. The van der Waals surface area contributed by atoms with Crippen LogP contribution in [0.2, 0.25) is 0 Å². The van der Waals surface area contributed by atoms with E-state index in [9.17, 15) is 28.9 Å². The zero-order valence-corrected chi connectivity index (χ0v) is 17.4. The van der Waals surface area contributed by atoms with Crippen molar-refractivity contribution in [2.24, 2.45) is 17.8 Å². The van der Waals surface area contributed by atoms with Gasteiger partial charge in [0.2, 0.25) is 0 Å². The topological polar surface area (TPSA) is 101 Å². The molecule has 9 heteroatoms. The minimum atomic E-state index is -0.908. The Morgan fingerprint density at radius 2 is 1.75 bits per heavy atom. The van der Waals surface area contributed by atoms with Gasteiger partial charge in [-0.3, -0.25) is 24.5 Å². The third-order valence-corrected chi connectivity index (χ3v) is 6.25. The fourth-order valence-corrected chi connectivity index (χ4v) is 4.58. The maximum Gasteiger partial charge on any atom is 0.282 e. The van der Waals surface area contributed by atoms with E-state index in [0.29, 0.717) is 12.8 Å². The van der Waals surface area contributed by atoms with Crippen LogP contribution in [0.1, 0.15) is 42.1 Å². The molecule has 0 radical (unpaired) electrons. The second-order valence-corrected chi connectivity index (χ2v) is 8.35. The molecule has 3 amide bonds. The van der Waals surface area contributed by atoms with Gasteiger partial charge in [0.05, 0.1) is 23.3 Å². The Kier molecular flexibility index (Phi) is 5.73. The van der Waals surface area contributed by atoms with Crippen molar-refractivity contribution in [1.29, 1.82) is 0 Å². The van der Waals surface area contributed by atoms with Gasteiger partial charge in [-0.2, -0.15) is 5.01 Å². The fourth-order valence-electron chi connectivity index (χ4n) is 4.58. The van der Waals surface area contributed by atoms with Crippen LogP contribution in [-0.4, -0.2) is 32.7 Å². The van der Waals surface area contributed by atoms with Crippen molar-refractivity contribution in [3.8, 4) is 0 Å². The molecule has 0 spiro atoms. The Hall–Kier alpha value is -3.62. The van der Waals surface area contributed by atoms with E-state index in [1.165, 1.54) is 42.5 Å². The van der Waals surface area contributed by atoms with Crippen LogP contribution in [0.15, 0.2) is 48.5 Å². The molecule has 0 unspecified atom stereocenters. The lowest BCUT2D eigenvalue weighted by atomic mass is 9.76. The average molecular weight is 439 g/mol. The normalized spacial score (nSPS) is 22.6. The van der Waals surface area contributed by atoms with Crippen LogP contribution in [0.3, 0.4) is 0 Å². The van der Waals surface area contributed by atoms with Crippen molar-refractivity contribution in [3.05, 3.63) is 75.6 Å². The molecule has 0 N–H and O–H groups in total. The van der Waals surface area contributed by atoms with Crippen molar-refractivity contribution in [2.45, 2.75) is 32.7 Å². The van der Waals surface area contributed by atoms with Crippen LogP contribution in [0.5, 0.6) is 0 Å². The van der Waals surface area contributed by atoms with Gasteiger partial charge in [-0.1, -0.05) is 37.3 Å². The molecule has 2 aliphatic rings. The summed E-state index contributed by atoms with van der Waals surface area (Å²) in [7, 11) is 0. The Labute approximate surface area is 183 Å². The highest BCUT2D eigenvalue weighted by atomic mass is 19.1. The van der Waals surface area contributed by atoms with Gasteiger partial charge in [0.15, 0.2) is 0 Å². The minimum absolute atomic E-state index is 0.0864. The van der Waals surface area contributed by atoms with E-state index in [-0.39, 0.29) is 17.0 Å². The lowest BCUT2D eigenvalue weighted by Crippen LogP contribution is -2.50. The van der Waals surface area contributed by atoms with Gasteiger partial charge in [0.25, 0.3) is 23.4 Å². The van der Waals surface area contributed by atoms with E-state index in [0.717, 1.165) is 16.4 Å². The lowest BCUT2D eigenvalue weighted by molar-refractivity contribution is -0.385. The van der Waals surface area contributed by atoms with Crippen LogP contribution in [0.25, 0.3) is 0 Å². The van der Waals surface area contributed by atoms with Crippen molar-refractivity contribution in [2.75, 3.05) is 0 Å². The van der Waals surface area contributed by atoms with Crippen LogP contribution in [0, 0.1) is 33.7 Å². The Balaban J connectivity index is 1.78. The quantitative estimate of drug-likeness (QED) is 0.402. The number of carbonyl (C=O) groups is 3. The molecule has 32 heavy (non-hydrogen) atoms. The number of hydrogen-bond acceptors (Lipinski definition) is 5. The number of amides is 3. The molecule has 3 atom stereocenters. The summed E-state index contributed by atoms with van der Waals surface area (Å²) < 4.78 is 14.4. The second kappa shape index (κ2) is 8.49. The summed E-state index contributed by atoms with van der Waals surface area (Å²) >= 11 is 0. The van der Waals surface area contributed by atoms with Gasteiger partial charge in [0, 0.05) is 11.6 Å². The van der Waals surface area contributed by atoms with E-state index < -0.39 is 52.5 Å². The number of para-hydroxylation sites is 1. The average Bonchev–Trinajstić information content (AvgIpc) is 3.02. The number of nitrogens with zero attached hydrogens (tertiary/aromatic N) is 3. The number of hydrazine groups is 1. The molecule has 4 rings (SSSR count). The maximum atomic E-state index is 14.4. The predicted octanol–water partition coefficient (Wildman–Crippen LogP) is 3.71. The number of fused-ring (bicyclic) bond motifs is 1. The summed E-state index contributed by atoms with van der Waals surface area (Å²) in [4.78, 5) is 50.7. The number of nitro benzene ring substituents is 1. The van der Waals surface area contributed by atoms with E-state index >= 15 is 0 Å². The van der Waals surface area contributed by atoms with Crippen LogP contribution in [-0.2, 0) is 16.1 Å². The highest BCUT2D eigenvalue weighted by molar-refractivity contribution is 6.08. The predicted molar refractivity (Wildman–Crippen MR) is 111 cm³/mol. The summed E-state index contributed by atoms with van der Waals surface area (Å²) in [5.41, 5.74) is -0.651. The fraction of sp³-hybridized carbons (Fsp3) is 0.348. The van der Waals surface area contributed by atoms with Crippen molar-refractivity contribution in [3.63, 3.8) is 0 Å². The first kappa shape index (κ1) is 21.6. The zero-order chi connectivity index (χ0) is 23.0. The summed E-state index contributed by atoms with van der Waals surface area (Å²) in [6.07, 6.45) is 1.85. The van der Waals surface area contributed by atoms with E-state index in [1.807, 2.05) is 6.92 Å². The van der Waals surface area contributed by atoms with Gasteiger partial charge in [-0.05, 0) is 37.3 Å². The Morgan fingerprint density at radius 1 is 1.09 bits per heavy atom. The molecule has 2 aromatic rings. The third-order valence-electron chi connectivity index (χ3n) is 6.25. The van der Waals surface area contributed by atoms with E-state index in [4.69, 9.17) is 0 Å². The summed E-state index contributed by atoms with van der Waals surface area (Å²) in [6, 6.07) is 11.0. The summed E-state index contributed by atoms with van der Waals surface area (Å²) in [5, 5.41) is 13.1. The number of hydrogen-bond donors (Lipinski definition) is 0. The summed E-state index contributed by atoms with van der Waals surface area (Å²) in [5.74, 6) is -3.39. The molecule has 2 aromatic carbocycles. The Bertz CT molecular complexity index is 1100. The molecule has 8 nitrogen and oxygen atoms in total. The number of imide groups is 1. The molecule has 166 valence electrons. The van der Waals surface area contributed by atoms with Gasteiger partial charge < -0.3 is 0 Å². The molecule has 1 heterocycles. The molecule has 2 fully saturated rings. The standard InChI is InChI=1S/C23H22FN3O5/c1-14-10-11-16-18(12-14)23(30)26(22(16)29)25(13-15-6-2-4-8-19(15)24)21(28)17-7-3-5-9-20(17)27(31)32/h2-9,14,16,18H,10-13H2,1H3/t14-,16-,18-/m1/s1. The van der Waals surface area contributed by atoms with Crippen LogP contribution in [0.4, 0.5) is 10.1 Å². The number of rotatable bonds is 5. The molecule has 0 bridgehead atoms. The smallest absolute Gasteiger partial charge is 0.272 e. The van der Waals surface area contributed by atoms with Gasteiger partial charge in [-0.15, -0.1) is 0 Å². The first-order valence-corrected chi connectivity index (χ1v) is 10.5. The molecule has 0 aromatic heterocycles. The van der Waals surface area contributed by atoms with E-state index in [1.54, 1.807) is 6.07 Å². The maximum absolute atomic E-state index is 14.4. The number of halogens is 1. The van der Waals surface area contributed by atoms with Gasteiger partial charge >= 0.3 is 0 Å². The SMILES string of the molecule is C[C@@H]1CC[C@H]2C(=O)N(N(Cc3ccccc3F)C(=O)c3ccccc3[N+](=O)[O-])C(=O)[C@@H]2C1. The molecule has 1 saturated carbocycles. The molecule has 1 aliphatic heterocycles. The highest BCUT2D eigenvalue weighted by Crippen LogP contribution is 2.41. The molecular formula is C23H22FN3O5. The first-order chi connectivity index (χ1) is 15.3. The van der Waals surface area contributed by atoms with Gasteiger partial charge in [-0.25, -0.2) is 9.40 Å². The van der Waals surface area contributed by atoms with Crippen LogP contribution < -0.4 is 0 Å². The lowest BCUT2D eigenvalue weighted by Gasteiger charge is -2.30. The molecular weight excluding hydrogens is 417 g/mol. The second-order valence-electron chi connectivity index (χ2n) is 8.35. The first-order valence-electron chi connectivity index (χ1n) is 10.5. The monoisotopic (exact) mass is 439 g/mol. The zero-order valence-electron chi connectivity index (χ0n) is 17.4. The molecule has 1 aliphatic carbocycles. The number of nitro groups is 1. The third kappa shape index (κ3) is 3.74. The number of benzene rings is 2. The minimum Gasteiger partial charge on any atom is -0.272 e. The Morgan fingerprint density at radius 3 is 2.47 bits per heavy atom. The summed E-state index contributed by atoms with van der Waals surface area (Å²) in [6.45, 7) is 1.59. The molecule has 1 saturated heterocycles. The van der Waals surface area contributed by atoms with E-state index in [2.05, 4.69) is 0 Å². The van der Waals surface area contributed by atoms with Crippen molar-refractivity contribution < 1.29 is 23.7 Å². The van der Waals surface area contributed by atoms with Gasteiger partial charge in [0.1, 0.15) is 11.4 Å². The van der Waals surface area contributed by atoms with Crippen molar-refractivity contribution in [1.82, 2.24) is 10.0 Å². The van der Waals surface area contributed by atoms with Crippen LogP contribution >= 0.6 is 0 Å². The van der Waals surface area contributed by atoms with Crippen molar-refractivity contribution >= 4 is 23.4 Å². The number of carbonyl (C=O) groups excluding carboxylic acids is 3.